The molecule has 0 N–H and O–H groups in total. The van der Waals surface area contributed by atoms with Crippen LogP contribution in [-0.4, -0.2) is 36.1 Å². The lowest BCUT2D eigenvalue weighted by atomic mass is 10.2. The first-order valence-corrected chi connectivity index (χ1v) is 9.35. The second-order valence-corrected chi connectivity index (χ2v) is 6.88. The average molecular weight is 417 g/mol. The number of hydrogen-bond donors (Lipinski definition) is 0. The first kappa shape index (κ1) is 17.7. The fourth-order valence-corrected chi connectivity index (χ4v) is 3.28. The molecule has 0 aliphatic rings. The number of nitrogens with zero attached hydrogens (tertiary/aromatic N) is 4. The molecule has 0 atom stereocenters. The first-order chi connectivity index (χ1) is 12.3. The summed E-state index contributed by atoms with van der Waals surface area (Å²) < 4.78 is 7.99. The molecule has 0 amide bonds. The van der Waals surface area contributed by atoms with Crippen LogP contribution in [0.15, 0.2) is 68.7 Å². The van der Waals surface area contributed by atoms with Gasteiger partial charge in [-0.15, -0.1) is 11.3 Å². The van der Waals surface area contributed by atoms with E-state index in [1.54, 1.807) is 37.1 Å². The minimum atomic E-state index is 0.581. The van der Waals surface area contributed by atoms with Crippen molar-refractivity contribution in [2.24, 2.45) is 10.1 Å². The highest BCUT2D eigenvalue weighted by molar-refractivity contribution is 9.10. The molecule has 2 aromatic heterocycles. The summed E-state index contributed by atoms with van der Waals surface area (Å²) in [6, 6.07) is 12.0. The average Bonchev–Trinajstić information content (AvgIpc) is 3.04. The first-order valence-electron chi connectivity index (χ1n) is 7.68. The van der Waals surface area contributed by atoms with Crippen molar-refractivity contribution in [3.05, 3.63) is 69.0 Å². The smallest absolute Gasteiger partial charge is 0.206 e. The zero-order chi connectivity index (χ0) is 17.5. The van der Waals surface area contributed by atoms with Crippen molar-refractivity contribution in [2.45, 2.75) is 0 Å². The molecule has 0 bridgehead atoms. The fourth-order valence-electron chi connectivity index (χ4n) is 2.15. The Morgan fingerprint density at radius 1 is 1.28 bits per heavy atom. The molecule has 0 aliphatic carbocycles. The highest BCUT2D eigenvalue weighted by atomic mass is 79.9. The molecule has 0 saturated carbocycles. The van der Waals surface area contributed by atoms with E-state index >= 15 is 0 Å². The maximum Gasteiger partial charge on any atom is 0.206 e. The van der Waals surface area contributed by atoms with Crippen molar-refractivity contribution in [2.75, 3.05) is 20.3 Å². The summed E-state index contributed by atoms with van der Waals surface area (Å²) in [7, 11) is 1.67. The number of benzene rings is 1. The zero-order valence-corrected chi connectivity index (χ0v) is 16.1. The van der Waals surface area contributed by atoms with Crippen LogP contribution in [-0.2, 0) is 4.74 Å². The molecule has 5 nitrogen and oxygen atoms in total. The summed E-state index contributed by atoms with van der Waals surface area (Å²) in [6.45, 7) is 1.18. The number of halogens is 1. The second kappa shape index (κ2) is 8.84. The van der Waals surface area contributed by atoms with Gasteiger partial charge in [0.05, 0.1) is 25.1 Å². The third-order valence-electron chi connectivity index (χ3n) is 3.37. The van der Waals surface area contributed by atoms with Crippen LogP contribution in [0.2, 0.25) is 0 Å². The normalized spacial score (nSPS) is 12.2. The van der Waals surface area contributed by atoms with E-state index in [9.17, 15) is 0 Å². The van der Waals surface area contributed by atoms with E-state index in [4.69, 9.17) is 4.74 Å². The summed E-state index contributed by atoms with van der Waals surface area (Å²) in [5.74, 6) is 0. The van der Waals surface area contributed by atoms with Gasteiger partial charge in [-0.1, -0.05) is 34.1 Å². The molecule has 2 heterocycles. The predicted octanol–water partition coefficient (Wildman–Crippen LogP) is 3.80. The molecular weight excluding hydrogens is 400 g/mol. The number of rotatable bonds is 6. The highest BCUT2D eigenvalue weighted by Gasteiger charge is 2.07. The van der Waals surface area contributed by atoms with E-state index in [-0.39, 0.29) is 0 Å². The monoisotopic (exact) mass is 416 g/mol. The van der Waals surface area contributed by atoms with Crippen molar-refractivity contribution in [3.8, 4) is 11.3 Å². The Morgan fingerprint density at radius 3 is 2.84 bits per heavy atom. The molecule has 0 unspecified atom stereocenters. The fraction of sp³-hybridized carbons (Fsp3) is 0.167. The zero-order valence-electron chi connectivity index (χ0n) is 13.7. The van der Waals surface area contributed by atoms with Crippen molar-refractivity contribution < 1.29 is 4.74 Å². The van der Waals surface area contributed by atoms with Gasteiger partial charge in [0.2, 0.25) is 4.80 Å². The molecular formula is C18H17BrN4OS. The Balaban J connectivity index is 2.02. The van der Waals surface area contributed by atoms with Crippen LogP contribution in [0.4, 0.5) is 0 Å². The van der Waals surface area contributed by atoms with Gasteiger partial charge in [-0.3, -0.25) is 9.98 Å². The molecule has 3 aromatic rings. The Morgan fingerprint density at radius 2 is 2.12 bits per heavy atom. The van der Waals surface area contributed by atoms with Crippen molar-refractivity contribution >= 4 is 33.5 Å². The SMILES string of the molecule is COCCN=c1scc(-c2ccc(Br)cc2)n1/N=C/c1cccnc1. The van der Waals surface area contributed by atoms with E-state index in [0.717, 1.165) is 26.1 Å². The molecule has 7 heteroatoms. The maximum atomic E-state index is 5.09. The summed E-state index contributed by atoms with van der Waals surface area (Å²) in [4.78, 5) is 9.53. The van der Waals surface area contributed by atoms with Gasteiger partial charge in [0.25, 0.3) is 0 Å². The molecule has 25 heavy (non-hydrogen) atoms. The molecule has 0 spiro atoms. The Labute approximate surface area is 158 Å². The van der Waals surface area contributed by atoms with Gasteiger partial charge in [0, 0.05) is 40.5 Å². The number of aromatic nitrogens is 2. The lowest BCUT2D eigenvalue weighted by Gasteiger charge is -2.04. The Hall–Kier alpha value is -2.09. The van der Waals surface area contributed by atoms with Gasteiger partial charge in [0.1, 0.15) is 0 Å². The number of thiazole rings is 1. The standard InChI is InChI=1S/C18H17BrN4OS/c1-24-10-9-21-18-23(22-12-14-3-2-8-20-11-14)17(13-25-18)15-4-6-16(19)7-5-15/h2-8,11-13H,9-10H2,1H3/b21-18?,22-12+. The summed E-state index contributed by atoms with van der Waals surface area (Å²) in [5.41, 5.74) is 3.01. The van der Waals surface area contributed by atoms with Gasteiger partial charge >= 0.3 is 0 Å². The van der Waals surface area contributed by atoms with Crippen molar-refractivity contribution in [1.82, 2.24) is 9.66 Å². The molecule has 128 valence electrons. The highest BCUT2D eigenvalue weighted by Crippen LogP contribution is 2.22. The van der Waals surface area contributed by atoms with Crippen LogP contribution in [0, 0.1) is 0 Å². The van der Waals surface area contributed by atoms with Crippen molar-refractivity contribution in [1.29, 1.82) is 0 Å². The number of ether oxygens (including phenoxy) is 1. The van der Waals surface area contributed by atoms with E-state index in [1.807, 2.05) is 28.9 Å². The number of pyridine rings is 1. The minimum Gasteiger partial charge on any atom is -0.383 e. The van der Waals surface area contributed by atoms with Crippen LogP contribution in [0.3, 0.4) is 0 Å². The lowest BCUT2D eigenvalue weighted by molar-refractivity contribution is 0.207. The maximum absolute atomic E-state index is 5.09. The summed E-state index contributed by atoms with van der Waals surface area (Å²) in [6.07, 6.45) is 5.31. The van der Waals surface area contributed by atoms with Crippen LogP contribution in [0.1, 0.15) is 5.56 Å². The quantitative estimate of drug-likeness (QED) is 0.453. The lowest BCUT2D eigenvalue weighted by Crippen LogP contribution is -2.13. The molecule has 0 aliphatic heterocycles. The van der Waals surface area contributed by atoms with Crippen molar-refractivity contribution in [3.63, 3.8) is 0 Å². The number of methoxy groups -OCH3 is 1. The Kier molecular flexibility index (Phi) is 6.27. The van der Waals surface area contributed by atoms with E-state index in [0.29, 0.717) is 13.2 Å². The predicted molar refractivity (Wildman–Crippen MR) is 105 cm³/mol. The van der Waals surface area contributed by atoms with E-state index < -0.39 is 0 Å². The van der Waals surface area contributed by atoms with Gasteiger partial charge in [-0.25, -0.2) is 4.68 Å². The van der Waals surface area contributed by atoms with Crippen LogP contribution < -0.4 is 4.80 Å². The number of hydrogen-bond acceptors (Lipinski definition) is 5. The van der Waals surface area contributed by atoms with Gasteiger partial charge in [-0.05, 0) is 18.2 Å². The molecule has 0 fully saturated rings. The van der Waals surface area contributed by atoms with Gasteiger partial charge in [-0.2, -0.15) is 5.10 Å². The summed E-state index contributed by atoms with van der Waals surface area (Å²) >= 11 is 5.03. The molecule has 0 radical (unpaired) electrons. The molecule has 3 rings (SSSR count). The van der Waals surface area contributed by atoms with Gasteiger partial charge < -0.3 is 4.74 Å². The van der Waals surface area contributed by atoms with Crippen LogP contribution in [0.25, 0.3) is 11.3 Å². The van der Waals surface area contributed by atoms with Crippen LogP contribution >= 0.6 is 27.3 Å². The minimum absolute atomic E-state index is 0.581. The third-order valence-corrected chi connectivity index (χ3v) is 4.76. The van der Waals surface area contributed by atoms with E-state index in [1.165, 1.54) is 0 Å². The largest absolute Gasteiger partial charge is 0.383 e. The van der Waals surface area contributed by atoms with Crippen LogP contribution in [0.5, 0.6) is 0 Å². The second-order valence-electron chi connectivity index (χ2n) is 5.13. The van der Waals surface area contributed by atoms with Gasteiger partial charge in [0.15, 0.2) is 0 Å². The topological polar surface area (TPSA) is 51.8 Å². The molecule has 1 aromatic carbocycles. The van der Waals surface area contributed by atoms with E-state index in [2.05, 4.69) is 48.5 Å². The Bertz CT molecular complexity index is 901. The summed E-state index contributed by atoms with van der Waals surface area (Å²) in [5, 5.41) is 6.69. The third kappa shape index (κ3) is 4.72. The molecule has 0 saturated heterocycles.